The van der Waals surface area contributed by atoms with Gasteiger partial charge in [-0.1, -0.05) is 72.8 Å². The number of fused-ring (bicyclic) bond motifs is 7. The fraction of sp³-hybridized carbons (Fsp3) is 0.0500. The highest BCUT2D eigenvalue weighted by Gasteiger charge is 2.30. The summed E-state index contributed by atoms with van der Waals surface area (Å²) >= 11 is 3.21. The fourth-order valence-corrected chi connectivity index (χ4v) is 8.26. The molecule has 1 N–H and O–H groups in total. The monoisotopic (exact) mass is 657 g/mol. The summed E-state index contributed by atoms with van der Waals surface area (Å²) in [7, 11) is 4.01. The third-order valence-electron chi connectivity index (χ3n) is 8.79. The minimum Gasteiger partial charge on any atom is -0.378 e. The van der Waals surface area contributed by atoms with Gasteiger partial charge in [-0.3, -0.25) is 10.2 Å². The summed E-state index contributed by atoms with van der Waals surface area (Å²) in [5, 5.41) is 10.8. The van der Waals surface area contributed by atoms with Crippen molar-refractivity contribution in [1.82, 2.24) is 9.97 Å². The zero-order valence-corrected chi connectivity index (χ0v) is 27.7. The number of aromatic nitrogens is 2. The lowest BCUT2D eigenvalue weighted by molar-refractivity contribution is -0.108. The van der Waals surface area contributed by atoms with Crippen LogP contribution in [0, 0.1) is 0 Å². The van der Waals surface area contributed by atoms with Crippen LogP contribution in [0.4, 0.5) is 11.4 Å². The molecule has 230 valence electrons. The Morgan fingerprint density at radius 3 is 1.98 bits per heavy atom. The van der Waals surface area contributed by atoms with Gasteiger partial charge in [-0.15, -0.1) is 22.7 Å². The average Bonchev–Trinajstić information content (AvgIpc) is 3.77. The van der Waals surface area contributed by atoms with E-state index in [1.165, 1.54) is 16.7 Å². The molecule has 0 spiro atoms. The quantitative estimate of drug-likeness (QED) is 0.187. The lowest BCUT2D eigenvalue weighted by atomic mass is 9.88. The van der Waals surface area contributed by atoms with Crippen molar-refractivity contribution in [1.29, 1.82) is 0 Å². The number of nitrogens with zero attached hydrogens (tertiary/aromatic N) is 4. The highest BCUT2D eigenvalue weighted by atomic mass is 32.1. The molecule has 0 fully saturated rings. The van der Waals surface area contributed by atoms with Crippen LogP contribution in [-0.2, 0) is 4.79 Å². The van der Waals surface area contributed by atoms with Crippen molar-refractivity contribution in [2.24, 2.45) is 5.10 Å². The normalized spacial score (nSPS) is 13.8. The average molecular weight is 658 g/mol. The topological polar surface area (TPSA) is 70.5 Å². The molecule has 0 amide bonds. The van der Waals surface area contributed by atoms with Gasteiger partial charge in [-0.25, -0.2) is 9.97 Å². The van der Waals surface area contributed by atoms with Gasteiger partial charge < -0.3 is 4.90 Å². The number of anilines is 2. The van der Waals surface area contributed by atoms with Crippen molar-refractivity contribution >= 4 is 99.2 Å². The molecule has 0 aliphatic heterocycles. The Hall–Kier alpha value is -5.70. The van der Waals surface area contributed by atoms with Crippen LogP contribution in [0.25, 0.3) is 64.2 Å². The number of nitrogens with one attached hydrogen (secondary N) is 1. The van der Waals surface area contributed by atoms with Crippen LogP contribution in [-0.4, -0.2) is 35.6 Å². The van der Waals surface area contributed by atoms with Gasteiger partial charge in [0.05, 0.1) is 31.7 Å². The minimum absolute atomic E-state index is 0.164. The van der Waals surface area contributed by atoms with E-state index in [0.717, 1.165) is 69.7 Å². The number of hydrogen-bond acceptors (Lipinski definition) is 8. The zero-order chi connectivity index (χ0) is 32.4. The second-order valence-corrected chi connectivity index (χ2v) is 14.1. The van der Waals surface area contributed by atoms with Crippen LogP contribution in [0.3, 0.4) is 0 Å². The van der Waals surface area contributed by atoms with Crippen LogP contribution >= 0.6 is 22.7 Å². The van der Waals surface area contributed by atoms with E-state index in [-0.39, 0.29) is 5.78 Å². The lowest BCUT2D eigenvalue weighted by Gasteiger charge is -2.18. The van der Waals surface area contributed by atoms with Gasteiger partial charge in [0.2, 0.25) is 5.78 Å². The number of ketones is 1. The second-order valence-electron chi connectivity index (χ2n) is 12.0. The Balaban J connectivity index is 1.18. The first-order valence-electron chi connectivity index (χ1n) is 15.6. The van der Waals surface area contributed by atoms with E-state index in [1.54, 1.807) is 11.3 Å². The maximum atomic E-state index is 14.3. The Morgan fingerprint density at radius 2 is 1.31 bits per heavy atom. The molecular weight excluding hydrogens is 631 g/mol. The van der Waals surface area contributed by atoms with E-state index in [9.17, 15) is 4.79 Å². The van der Waals surface area contributed by atoms with Gasteiger partial charge in [-0.2, -0.15) is 5.10 Å². The maximum absolute atomic E-state index is 14.3. The van der Waals surface area contributed by atoms with Crippen molar-refractivity contribution in [2.45, 2.75) is 0 Å². The Kier molecular flexibility index (Phi) is 6.67. The summed E-state index contributed by atoms with van der Waals surface area (Å²) in [6.07, 6.45) is 1.97. The maximum Gasteiger partial charge on any atom is 0.216 e. The van der Waals surface area contributed by atoms with Crippen LogP contribution in [0.15, 0.2) is 120 Å². The van der Waals surface area contributed by atoms with Crippen LogP contribution in [0.1, 0.15) is 16.1 Å². The van der Waals surface area contributed by atoms with Crippen LogP contribution in [0.5, 0.6) is 0 Å². The number of hydrogen-bond donors (Lipinski definition) is 1. The Bertz CT molecular complexity index is 2650. The number of thiazole rings is 2. The molecule has 0 saturated carbocycles. The molecule has 1 aliphatic rings. The third kappa shape index (κ3) is 4.76. The summed E-state index contributed by atoms with van der Waals surface area (Å²) in [4.78, 5) is 26.5. The van der Waals surface area contributed by atoms with Crippen molar-refractivity contribution < 1.29 is 4.79 Å². The van der Waals surface area contributed by atoms with E-state index in [2.05, 4.69) is 72.2 Å². The summed E-state index contributed by atoms with van der Waals surface area (Å²) < 4.78 is 2.18. The van der Waals surface area contributed by atoms with Crippen molar-refractivity contribution in [3.63, 3.8) is 0 Å². The summed E-state index contributed by atoms with van der Waals surface area (Å²) in [6, 6.07) is 39.2. The molecule has 0 unspecified atom stereocenters. The Morgan fingerprint density at radius 1 is 0.688 bits per heavy atom. The third-order valence-corrected chi connectivity index (χ3v) is 10.9. The predicted octanol–water partition coefficient (Wildman–Crippen LogP) is 9.88. The van der Waals surface area contributed by atoms with Crippen molar-refractivity contribution in [3.8, 4) is 10.6 Å². The number of allylic oxidation sites excluding steroid dienone is 1. The standard InChI is InChI=1S/C40H27N5OS2/c1-45(2)28-16-14-27(15-17-28)43-44-37-31-18-11-25(39-41-35-29-9-5-3-7-23(29)12-19-33(35)47-39)21-26(31)22-32(38(37)46)40-42-36-30-10-6-4-8-24(30)13-20-34(36)48-40/h3-22,43H,1-2H3/b44-37+. The molecule has 0 saturated heterocycles. The first-order valence-corrected chi connectivity index (χ1v) is 17.2. The second kappa shape index (κ2) is 11.2. The zero-order valence-electron chi connectivity index (χ0n) is 26.1. The molecule has 0 bridgehead atoms. The highest BCUT2D eigenvalue weighted by Crippen LogP contribution is 2.39. The number of carbonyl (C=O) groups excluding carboxylic acids is 1. The van der Waals surface area contributed by atoms with Crippen molar-refractivity contribution in [3.05, 3.63) is 131 Å². The molecule has 1 aliphatic carbocycles. The first-order chi connectivity index (χ1) is 23.5. The molecule has 8 aromatic rings. The molecule has 8 heteroatoms. The molecule has 9 rings (SSSR count). The summed E-state index contributed by atoms with van der Waals surface area (Å²) in [5.74, 6) is -0.164. The number of benzene rings is 6. The van der Waals surface area contributed by atoms with Crippen LogP contribution < -0.4 is 10.3 Å². The molecule has 2 aromatic heterocycles. The first kappa shape index (κ1) is 28.5. The number of Topliss-reactive ketones (excluding diaryl/α,β-unsaturated/α-hetero) is 1. The van der Waals surface area contributed by atoms with Gasteiger partial charge in [0.1, 0.15) is 15.7 Å². The summed E-state index contributed by atoms with van der Waals surface area (Å²) in [5.41, 5.74) is 10.5. The fourth-order valence-electron chi connectivity index (χ4n) is 6.29. The number of rotatable bonds is 5. The van der Waals surface area contributed by atoms with E-state index in [0.29, 0.717) is 16.3 Å². The van der Waals surface area contributed by atoms with E-state index >= 15 is 0 Å². The van der Waals surface area contributed by atoms with Crippen molar-refractivity contribution in [2.75, 3.05) is 24.4 Å². The highest BCUT2D eigenvalue weighted by molar-refractivity contribution is 7.22. The van der Waals surface area contributed by atoms with Gasteiger partial charge in [0, 0.05) is 41.7 Å². The number of carbonyl (C=O) groups is 1. The van der Waals surface area contributed by atoms with Gasteiger partial charge in [-0.05, 0) is 64.9 Å². The van der Waals surface area contributed by atoms with E-state index in [4.69, 9.17) is 15.1 Å². The molecule has 2 heterocycles. The molecule has 6 nitrogen and oxygen atoms in total. The molecule has 48 heavy (non-hydrogen) atoms. The molecular formula is C40H27N5OS2. The Labute approximate surface area is 284 Å². The largest absolute Gasteiger partial charge is 0.378 e. The SMILES string of the molecule is CN(C)c1ccc(N/N=C2/C(=O)C(c3nc4c(ccc5ccccc54)s3)=Cc3cc(-c4nc5c(ccc6ccccc65)s4)ccc32)cc1. The van der Waals surface area contributed by atoms with Gasteiger partial charge >= 0.3 is 0 Å². The molecule has 0 radical (unpaired) electrons. The lowest BCUT2D eigenvalue weighted by Crippen LogP contribution is -2.23. The van der Waals surface area contributed by atoms with Gasteiger partial charge in [0.15, 0.2) is 0 Å². The van der Waals surface area contributed by atoms with Gasteiger partial charge in [0.25, 0.3) is 0 Å². The smallest absolute Gasteiger partial charge is 0.216 e. The molecule has 6 aromatic carbocycles. The van der Waals surface area contributed by atoms with E-state index in [1.807, 2.05) is 73.6 Å². The van der Waals surface area contributed by atoms with E-state index < -0.39 is 0 Å². The predicted molar refractivity (Wildman–Crippen MR) is 203 cm³/mol. The van der Waals surface area contributed by atoms with Crippen LogP contribution in [0.2, 0.25) is 0 Å². The summed E-state index contributed by atoms with van der Waals surface area (Å²) in [6.45, 7) is 0. The number of hydrazone groups is 1. The molecule has 0 atom stereocenters. The minimum atomic E-state index is -0.164.